The van der Waals surface area contributed by atoms with Gasteiger partial charge in [-0.3, -0.25) is 0 Å². The van der Waals surface area contributed by atoms with Gasteiger partial charge >= 0.3 is 0 Å². The van der Waals surface area contributed by atoms with Gasteiger partial charge in [-0.1, -0.05) is 6.92 Å². The number of nitrogens with one attached hydrogen (secondary N) is 1. The smallest absolute Gasteiger partial charge is 0.0601 e. The summed E-state index contributed by atoms with van der Waals surface area (Å²) < 4.78 is 5.21. The molecule has 0 aliphatic heterocycles. The van der Waals surface area contributed by atoms with Gasteiger partial charge in [0, 0.05) is 26.2 Å². The Morgan fingerprint density at radius 1 is 1.46 bits per heavy atom. The number of likely N-dealkylation sites (N-methyl/N-ethyl adjacent to an activating group) is 1. The van der Waals surface area contributed by atoms with Crippen molar-refractivity contribution in [2.45, 2.75) is 31.9 Å². The van der Waals surface area contributed by atoms with E-state index in [0.29, 0.717) is 12.1 Å². The van der Waals surface area contributed by atoms with E-state index in [1.54, 1.807) is 7.11 Å². The normalized spacial score (nSPS) is 27.7. The summed E-state index contributed by atoms with van der Waals surface area (Å²) in [7, 11) is 3.95. The molecule has 1 saturated carbocycles. The minimum Gasteiger partial charge on any atom is -0.381 e. The summed E-state index contributed by atoms with van der Waals surface area (Å²) in [5.74, 6) is 0. The number of methoxy groups -OCH3 is 1. The first-order valence-corrected chi connectivity index (χ1v) is 5.21. The first-order valence-electron chi connectivity index (χ1n) is 5.21. The maximum absolute atomic E-state index is 5.21. The van der Waals surface area contributed by atoms with Crippen LogP contribution >= 0.6 is 0 Å². The van der Waals surface area contributed by atoms with E-state index < -0.39 is 0 Å². The summed E-state index contributed by atoms with van der Waals surface area (Å²) in [4.78, 5) is 2.32. The summed E-state index contributed by atoms with van der Waals surface area (Å²) in [6.07, 6.45) is 2.89. The van der Waals surface area contributed by atoms with Gasteiger partial charge in [-0.05, 0) is 26.4 Å². The molecule has 0 saturated heterocycles. The van der Waals surface area contributed by atoms with Crippen molar-refractivity contribution in [3.05, 3.63) is 0 Å². The number of hydrogen-bond donors (Lipinski definition) is 1. The monoisotopic (exact) mass is 186 g/mol. The standard InChI is InChI=1S/C10H22N2O/c1-4-12(2)6-5-11-9-7-10(8-9)13-3/h9-11H,4-8H2,1-3H3. The van der Waals surface area contributed by atoms with Crippen molar-refractivity contribution in [1.29, 1.82) is 0 Å². The van der Waals surface area contributed by atoms with E-state index in [9.17, 15) is 0 Å². The van der Waals surface area contributed by atoms with Crippen LogP contribution in [0.25, 0.3) is 0 Å². The van der Waals surface area contributed by atoms with Crippen LogP contribution < -0.4 is 5.32 Å². The lowest BCUT2D eigenvalue weighted by atomic mass is 9.89. The molecule has 0 radical (unpaired) electrons. The second kappa shape index (κ2) is 5.58. The van der Waals surface area contributed by atoms with Crippen LogP contribution in [-0.4, -0.2) is 50.8 Å². The largest absolute Gasteiger partial charge is 0.381 e. The number of hydrogen-bond acceptors (Lipinski definition) is 3. The van der Waals surface area contributed by atoms with Gasteiger partial charge in [0.1, 0.15) is 0 Å². The highest BCUT2D eigenvalue weighted by Gasteiger charge is 2.27. The average molecular weight is 186 g/mol. The van der Waals surface area contributed by atoms with E-state index in [4.69, 9.17) is 4.74 Å². The molecule has 0 atom stereocenters. The molecule has 3 nitrogen and oxygen atoms in total. The molecule has 0 amide bonds. The van der Waals surface area contributed by atoms with Crippen molar-refractivity contribution >= 4 is 0 Å². The van der Waals surface area contributed by atoms with E-state index in [1.165, 1.54) is 12.8 Å². The quantitative estimate of drug-likeness (QED) is 0.661. The predicted octanol–water partition coefficient (Wildman–Crippen LogP) is 0.705. The summed E-state index contributed by atoms with van der Waals surface area (Å²) >= 11 is 0. The van der Waals surface area contributed by atoms with Crippen molar-refractivity contribution in [3.8, 4) is 0 Å². The molecule has 1 rings (SSSR count). The molecule has 0 heterocycles. The van der Waals surface area contributed by atoms with Crippen LogP contribution in [0.15, 0.2) is 0 Å². The Morgan fingerprint density at radius 2 is 2.15 bits per heavy atom. The lowest BCUT2D eigenvalue weighted by Gasteiger charge is -2.35. The minimum absolute atomic E-state index is 0.515. The molecule has 0 aromatic carbocycles. The van der Waals surface area contributed by atoms with Gasteiger partial charge in [-0.25, -0.2) is 0 Å². The van der Waals surface area contributed by atoms with Gasteiger partial charge in [-0.15, -0.1) is 0 Å². The topological polar surface area (TPSA) is 24.5 Å². The Morgan fingerprint density at radius 3 is 2.69 bits per heavy atom. The molecule has 1 N–H and O–H groups in total. The molecule has 0 aromatic heterocycles. The van der Waals surface area contributed by atoms with Crippen molar-refractivity contribution in [2.24, 2.45) is 0 Å². The molecule has 0 spiro atoms. The van der Waals surface area contributed by atoms with Crippen molar-refractivity contribution in [1.82, 2.24) is 10.2 Å². The molecule has 0 aromatic rings. The second-order valence-corrected chi connectivity index (χ2v) is 3.88. The Hall–Kier alpha value is -0.120. The Bertz CT molecular complexity index is 135. The molecule has 1 aliphatic carbocycles. The lowest BCUT2D eigenvalue weighted by molar-refractivity contribution is 0.0171. The molecular formula is C10H22N2O. The van der Waals surface area contributed by atoms with Crippen LogP contribution in [0.4, 0.5) is 0 Å². The van der Waals surface area contributed by atoms with Crippen LogP contribution in [-0.2, 0) is 4.74 Å². The fraction of sp³-hybridized carbons (Fsp3) is 1.00. The van der Waals surface area contributed by atoms with Gasteiger partial charge in [0.2, 0.25) is 0 Å². The fourth-order valence-corrected chi connectivity index (χ4v) is 1.54. The first-order chi connectivity index (χ1) is 6.26. The Kier molecular flexibility index (Phi) is 4.70. The first kappa shape index (κ1) is 11.0. The van der Waals surface area contributed by atoms with Gasteiger partial charge in [-0.2, -0.15) is 0 Å². The number of rotatable bonds is 6. The third kappa shape index (κ3) is 3.63. The minimum atomic E-state index is 0.515. The number of ether oxygens (including phenoxy) is 1. The molecule has 3 heteroatoms. The van der Waals surface area contributed by atoms with Crippen molar-refractivity contribution in [2.75, 3.05) is 33.8 Å². The summed E-state index contributed by atoms with van der Waals surface area (Å²) in [5.41, 5.74) is 0. The maximum atomic E-state index is 5.21. The molecular weight excluding hydrogens is 164 g/mol. The lowest BCUT2D eigenvalue weighted by Crippen LogP contribution is -2.47. The highest BCUT2D eigenvalue weighted by atomic mass is 16.5. The van der Waals surface area contributed by atoms with Gasteiger partial charge in [0.05, 0.1) is 6.10 Å². The van der Waals surface area contributed by atoms with Crippen molar-refractivity contribution < 1.29 is 4.74 Å². The molecule has 78 valence electrons. The highest BCUT2D eigenvalue weighted by Crippen LogP contribution is 2.21. The van der Waals surface area contributed by atoms with Crippen LogP contribution in [0.2, 0.25) is 0 Å². The zero-order valence-corrected chi connectivity index (χ0v) is 9.05. The van der Waals surface area contributed by atoms with E-state index in [-0.39, 0.29) is 0 Å². The average Bonchev–Trinajstić information content (AvgIpc) is 2.08. The molecule has 0 unspecified atom stereocenters. The van der Waals surface area contributed by atoms with Gasteiger partial charge < -0.3 is 15.0 Å². The zero-order chi connectivity index (χ0) is 9.68. The van der Waals surface area contributed by atoms with E-state index in [2.05, 4.69) is 24.2 Å². The van der Waals surface area contributed by atoms with E-state index in [1.807, 2.05) is 0 Å². The fourth-order valence-electron chi connectivity index (χ4n) is 1.54. The zero-order valence-electron chi connectivity index (χ0n) is 9.05. The van der Waals surface area contributed by atoms with E-state index >= 15 is 0 Å². The van der Waals surface area contributed by atoms with Crippen LogP contribution in [0.3, 0.4) is 0 Å². The van der Waals surface area contributed by atoms with Gasteiger partial charge in [0.15, 0.2) is 0 Å². The van der Waals surface area contributed by atoms with Crippen molar-refractivity contribution in [3.63, 3.8) is 0 Å². The maximum Gasteiger partial charge on any atom is 0.0601 e. The summed E-state index contributed by atoms with van der Waals surface area (Å²) in [5, 5.41) is 3.53. The Balaban J connectivity index is 1.90. The number of nitrogens with zero attached hydrogens (tertiary/aromatic N) is 1. The molecule has 0 bridgehead atoms. The predicted molar refractivity (Wildman–Crippen MR) is 55.0 cm³/mol. The third-order valence-corrected chi connectivity index (χ3v) is 2.89. The van der Waals surface area contributed by atoms with Gasteiger partial charge in [0.25, 0.3) is 0 Å². The molecule has 1 aliphatic rings. The molecule has 13 heavy (non-hydrogen) atoms. The second-order valence-electron chi connectivity index (χ2n) is 3.88. The van der Waals surface area contributed by atoms with Crippen LogP contribution in [0, 0.1) is 0 Å². The molecule has 1 fully saturated rings. The third-order valence-electron chi connectivity index (χ3n) is 2.89. The van der Waals surface area contributed by atoms with Crippen LogP contribution in [0.1, 0.15) is 19.8 Å². The van der Waals surface area contributed by atoms with Crippen LogP contribution in [0.5, 0.6) is 0 Å². The highest BCUT2D eigenvalue weighted by molar-refractivity contribution is 4.85. The summed E-state index contributed by atoms with van der Waals surface area (Å²) in [6.45, 7) is 5.56. The SMILES string of the molecule is CCN(C)CCNC1CC(OC)C1. The Labute approximate surface area is 81.4 Å². The van der Waals surface area contributed by atoms with E-state index in [0.717, 1.165) is 19.6 Å². The summed E-state index contributed by atoms with van der Waals surface area (Å²) in [6, 6.07) is 0.704.